The molecule has 0 aliphatic heterocycles. The van der Waals surface area contributed by atoms with Crippen LogP contribution in [0, 0.1) is 0 Å². The monoisotopic (exact) mass is 351 g/mol. The highest BCUT2D eigenvalue weighted by Gasteiger charge is 2.18. The van der Waals surface area contributed by atoms with E-state index in [1.807, 2.05) is 48.3 Å². The number of hydrogen-bond donors (Lipinski definition) is 1. The van der Waals surface area contributed by atoms with E-state index in [-0.39, 0.29) is 6.04 Å². The average molecular weight is 352 g/mol. The van der Waals surface area contributed by atoms with Gasteiger partial charge in [0.05, 0.1) is 29.0 Å². The standard InChI is InChI=1S/C16H22BrN3O/c1-3-10-18-15(16-14(17)12-19-20(16)2)9-11-21-13-7-5-4-6-8-13/h4-8,12,15,18H,3,9-11H2,1-2H3. The lowest BCUT2D eigenvalue weighted by Gasteiger charge is -2.20. The predicted octanol–water partition coefficient (Wildman–Crippen LogP) is 3.69. The maximum Gasteiger partial charge on any atom is 0.119 e. The molecule has 0 fully saturated rings. The maximum absolute atomic E-state index is 5.81. The van der Waals surface area contributed by atoms with Gasteiger partial charge in [0.25, 0.3) is 0 Å². The minimum absolute atomic E-state index is 0.232. The molecular weight excluding hydrogens is 330 g/mol. The molecule has 0 bridgehead atoms. The van der Waals surface area contributed by atoms with Crippen molar-refractivity contribution in [1.29, 1.82) is 0 Å². The van der Waals surface area contributed by atoms with Gasteiger partial charge in [-0.1, -0.05) is 25.1 Å². The molecule has 0 saturated heterocycles. The highest BCUT2D eigenvalue weighted by atomic mass is 79.9. The zero-order valence-electron chi connectivity index (χ0n) is 12.6. The summed E-state index contributed by atoms with van der Waals surface area (Å²) in [5.74, 6) is 0.913. The van der Waals surface area contributed by atoms with Crippen molar-refractivity contribution in [1.82, 2.24) is 15.1 Å². The number of para-hydroxylation sites is 1. The van der Waals surface area contributed by atoms with Crippen LogP contribution >= 0.6 is 15.9 Å². The van der Waals surface area contributed by atoms with Crippen molar-refractivity contribution in [3.05, 3.63) is 46.7 Å². The lowest BCUT2D eigenvalue weighted by atomic mass is 10.1. The molecule has 2 aromatic rings. The second-order valence-corrected chi connectivity index (χ2v) is 5.81. The first-order chi connectivity index (χ1) is 10.2. The minimum atomic E-state index is 0.232. The smallest absolute Gasteiger partial charge is 0.119 e. The zero-order chi connectivity index (χ0) is 15.1. The molecule has 0 spiro atoms. The lowest BCUT2D eigenvalue weighted by Crippen LogP contribution is -2.26. The normalized spacial score (nSPS) is 12.3. The van der Waals surface area contributed by atoms with E-state index in [4.69, 9.17) is 4.74 Å². The van der Waals surface area contributed by atoms with E-state index in [1.165, 1.54) is 5.69 Å². The third kappa shape index (κ3) is 4.58. The molecular formula is C16H22BrN3O. The second-order valence-electron chi connectivity index (χ2n) is 4.96. The first-order valence-corrected chi connectivity index (χ1v) is 8.10. The molecule has 0 amide bonds. The van der Waals surface area contributed by atoms with Gasteiger partial charge >= 0.3 is 0 Å². The van der Waals surface area contributed by atoms with Crippen LogP contribution in [0.15, 0.2) is 41.0 Å². The molecule has 1 atom stereocenters. The van der Waals surface area contributed by atoms with Gasteiger partial charge in [-0.15, -0.1) is 0 Å². The fourth-order valence-corrected chi connectivity index (χ4v) is 2.90. The maximum atomic E-state index is 5.81. The Labute approximate surface area is 134 Å². The zero-order valence-corrected chi connectivity index (χ0v) is 14.1. The lowest BCUT2D eigenvalue weighted by molar-refractivity contribution is 0.282. The summed E-state index contributed by atoms with van der Waals surface area (Å²) in [6, 6.07) is 10.2. The Morgan fingerprint density at radius 1 is 1.33 bits per heavy atom. The van der Waals surface area contributed by atoms with Crippen molar-refractivity contribution in [3.8, 4) is 5.75 Å². The van der Waals surface area contributed by atoms with E-state index in [0.29, 0.717) is 6.61 Å². The van der Waals surface area contributed by atoms with E-state index in [0.717, 1.165) is 29.6 Å². The van der Waals surface area contributed by atoms with Crippen LogP contribution in [0.2, 0.25) is 0 Å². The molecule has 1 aromatic heterocycles. The topological polar surface area (TPSA) is 39.1 Å². The molecule has 4 nitrogen and oxygen atoms in total. The van der Waals surface area contributed by atoms with Crippen molar-refractivity contribution in [3.63, 3.8) is 0 Å². The number of nitrogens with zero attached hydrogens (tertiary/aromatic N) is 2. The average Bonchev–Trinajstić information content (AvgIpc) is 2.83. The van der Waals surface area contributed by atoms with Crippen LogP contribution in [-0.2, 0) is 7.05 Å². The molecule has 1 N–H and O–H groups in total. The van der Waals surface area contributed by atoms with Crippen molar-refractivity contribution in [2.75, 3.05) is 13.2 Å². The molecule has 0 saturated carbocycles. The number of hydrogen-bond acceptors (Lipinski definition) is 3. The summed E-state index contributed by atoms with van der Waals surface area (Å²) in [5.41, 5.74) is 1.17. The fraction of sp³-hybridized carbons (Fsp3) is 0.438. The Morgan fingerprint density at radius 2 is 2.10 bits per heavy atom. The SMILES string of the molecule is CCCNC(CCOc1ccccc1)c1c(Br)cnn1C. The number of aryl methyl sites for hydroxylation is 1. The Bertz CT molecular complexity index is 522. The second kappa shape index (κ2) is 8.20. The van der Waals surface area contributed by atoms with Crippen LogP contribution in [0.3, 0.4) is 0 Å². The van der Waals surface area contributed by atoms with Crippen molar-refractivity contribution >= 4 is 15.9 Å². The molecule has 0 radical (unpaired) electrons. The molecule has 1 aromatic carbocycles. The van der Waals surface area contributed by atoms with Crippen LogP contribution in [0.25, 0.3) is 0 Å². The molecule has 0 aliphatic rings. The van der Waals surface area contributed by atoms with Gasteiger partial charge in [-0.3, -0.25) is 4.68 Å². The predicted molar refractivity (Wildman–Crippen MR) is 88.5 cm³/mol. The molecule has 1 unspecified atom stereocenters. The van der Waals surface area contributed by atoms with Crippen LogP contribution in [-0.4, -0.2) is 22.9 Å². The summed E-state index contributed by atoms with van der Waals surface area (Å²) in [7, 11) is 1.97. The van der Waals surface area contributed by atoms with E-state index in [2.05, 4.69) is 33.3 Å². The van der Waals surface area contributed by atoms with Gasteiger partial charge < -0.3 is 10.1 Å². The van der Waals surface area contributed by atoms with E-state index in [9.17, 15) is 0 Å². The summed E-state index contributed by atoms with van der Waals surface area (Å²) in [6.45, 7) is 3.82. The third-order valence-corrected chi connectivity index (χ3v) is 3.94. The van der Waals surface area contributed by atoms with Gasteiger partial charge in [0.2, 0.25) is 0 Å². The summed E-state index contributed by atoms with van der Waals surface area (Å²) in [4.78, 5) is 0. The highest BCUT2D eigenvalue weighted by Crippen LogP contribution is 2.25. The van der Waals surface area contributed by atoms with Gasteiger partial charge in [-0.05, 0) is 41.0 Å². The number of rotatable bonds is 8. The molecule has 5 heteroatoms. The molecule has 0 aliphatic carbocycles. The number of halogens is 1. The van der Waals surface area contributed by atoms with Gasteiger partial charge in [0.1, 0.15) is 5.75 Å². The van der Waals surface area contributed by atoms with Gasteiger partial charge in [0.15, 0.2) is 0 Å². The number of ether oxygens (including phenoxy) is 1. The number of nitrogens with one attached hydrogen (secondary N) is 1. The van der Waals surface area contributed by atoms with Crippen molar-refractivity contribution in [2.45, 2.75) is 25.8 Å². The summed E-state index contributed by atoms with van der Waals surface area (Å²) in [5, 5.41) is 7.87. The van der Waals surface area contributed by atoms with Crippen molar-refractivity contribution < 1.29 is 4.74 Å². The molecule has 1 heterocycles. The Kier molecular flexibility index (Phi) is 6.26. The number of aromatic nitrogens is 2. The van der Waals surface area contributed by atoms with Crippen molar-refractivity contribution in [2.24, 2.45) is 7.05 Å². The van der Waals surface area contributed by atoms with Crippen LogP contribution in [0.4, 0.5) is 0 Å². The largest absolute Gasteiger partial charge is 0.494 e. The van der Waals surface area contributed by atoms with Crippen LogP contribution < -0.4 is 10.1 Å². The quantitative estimate of drug-likeness (QED) is 0.788. The Balaban J connectivity index is 1.97. The van der Waals surface area contributed by atoms with Crippen LogP contribution in [0.1, 0.15) is 31.5 Å². The van der Waals surface area contributed by atoms with Gasteiger partial charge in [0, 0.05) is 13.5 Å². The van der Waals surface area contributed by atoms with E-state index < -0.39 is 0 Å². The first kappa shape index (κ1) is 16.0. The van der Waals surface area contributed by atoms with E-state index >= 15 is 0 Å². The summed E-state index contributed by atoms with van der Waals surface area (Å²) < 4.78 is 8.77. The summed E-state index contributed by atoms with van der Waals surface area (Å²) in [6.07, 6.45) is 3.84. The van der Waals surface area contributed by atoms with E-state index in [1.54, 1.807) is 0 Å². The fourth-order valence-electron chi connectivity index (χ4n) is 2.28. The molecule has 114 valence electrons. The third-order valence-electron chi connectivity index (χ3n) is 3.33. The first-order valence-electron chi connectivity index (χ1n) is 7.31. The molecule has 2 rings (SSSR count). The highest BCUT2D eigenvalue weighted by molar-refractivity contribution is 9.10. The van der Waals surface area contributed by atoms with Gasteiger partial charge in [-0.2, -0.15) is 5.10 Å². The minimum Gasteiger partial charge on any atom is -0.494 e. The number of benzene rings is 1. The summed E-state index contributed by atoms with van der Waals surface area (Å²) >= 11 is 3.58. The van der Waals surface area contributed by atoms with Gasteiger partial charge in [-0.25, -0.2) is 0 Å². The molecule has 21 heavy (non-hydrogen) atoms. The van der Waals surface area contributed by atoms with Crippen LogP contribution in [0.5, 0.6) is 5.75 Å². The Hall–Kier alpha value is -1.33. The Morgan fingerprint density at radius 3 is 2.71 bits per heavy atom.